The fourth-order valence-electron chi connectivity index (χ4n) is 3.36. The molecule has 1 heterocycles. The van der Waals surface area contributed by atoms with E-state index in [2.05, 4.69) is 11.0 Å². The van der Waals surface area contributed by atoms with Crippen molar-refractivity contribution in [3.8, 4) is 23.0 Å². The molecule has 2 aromatic rings. The Bertz CT molecular complexity index is 806. The van der Waals surface area contributed by atoms with Gasteiger partial charge in [0.2, 0.25) is 5.75 Å². The average Bonchev–Trinajstić information content (AvgIpc) is 2.77. The summed E-state index contributed by atoms with van der Waals surface area (Å²) in [5.41, 5.74) is 1.61. The van der Waals surface area contributed by atoms with Gasteiger partial charge in [-0.15, -0.1) is 0 Å². The van der Waals surface area contributed by atoms with Crippen molar-refractivity contribution in [3.05, 3.63) is 42.0 Å². The maximum Gasteiger partial charge on any atom is 0.254 e. The maximum atomic E-state index is 13.0. The molecule has 150 valence electrons. The standard InChI is InChI=1S/C21H26N2O5/c1-25-17-7-5-6-16(14-17)22-8-10-23(11-9-22)21(24)15-12-18(26-2)20(28-4)19(13-15)27-3/h5-7,12-14H,8-11H2,1-4H3. The second-order valence-electron chi connectivity index (χ2n) is 6.39. The number of benzene rings is 2. The van der Waals surface area contributed by atoms with Crippen LogP contribution in [0, 0.1) is 0 Å². The van der Waals surface area contributed by atoms with Crippen molar-refractivity contribution in [3.63, 3.8) is 0 Å². The number of piperazine rings is 1. The number of carbonyl (C=O) groups excluding carboxylic acids is 1. The van der Waals surface area contributed by atoms with E-state index in [1.54, 1.807) is 40.6 Å². The molecule has 2 aromatic carbocycles. The molecule has 0 atom stereocenters. The number of carbonyl (C=O) groups is 1. The van der Waals surface area contributed by atoms with E-state index in [1.807, 2.05) is 23.1 Å². The lowest BCUT2D eigenvalue weighted by atomic mass is 10.1. The quantitative estimate of drug-likeness (QED) is 0.761. The number of methoxy groups -OCH3 is 4. The lowest BCUT2D eigenvalue weighted by Crippen LogP contribution is -2.48. The normalized spacial score (nSPS) is 13.9. The van der Waals surface area contributed by atoms with Crippen molar-refractivity contribution < 1.29 is 23.7 Å². The second-order valence-corrected chi connectivity index (χ2v) is 6.39. The van der Waals surface area contributed by atoms with Crippen LogP contribution in [-0.4, -0.2) is 65.4 Å². The molecule has 1 aliphatic heterocycles. The van der Waals surface area contributed by atoms with Crippen molar-refractivity contribution in [1.82, 2.24) is 4.90 Å². The van der Waals surface area contributed by atoms with Crippen LogP contribution in [0.25, 0.3) is 0 Å². The molecular formula is C21H26N2O5. The number of rotatable bonds is 6. The molecule has 28 heavy (non-hydrogen) atoms. The summed E-state index contributed by atoms with van der Waals surface area (Å²) in [6.45, 7) is 2.77. The topological polar surface area (TPSA) is 60.5 Å². The van der Waals surface area contributed by atoms with E-state index in [0.29, 0.717) is 35.9 Å². The summed E-state index contributed by atoms with van der Waals surface area (Å²) < 4.78 is 21.3. The van der Waals surface area contributed by atoms with E-state index in [0.717, 1.165) is 24.5 Å². The predicted molar refractivity (Wildman–Crippen MR) is 107 cm³/mol. The Labute approximate surface area is 165 Å². The molecule has 0 radical (unpaired) electrons. The van der Waals surface area contributed by atoms with Gasteiger partial charge >= 0.3 is 0 Å². The molecule has 3 rings (SSSR count). The Balaban J connectivity index is 1.73. The minimum atomic E-state index is -0.0513. The fraction of sp³-hybridized carbons (Fsp3) is 0.381. The molecule has 1 aliphatic rings. The molecule has 7 nitrogen and oxygen atoms in total. The van der Waals surface area contributed by atoms with Crippen molar-refractivity contribution in [2.24, 2.45) is 0 Å². The van der Waals surface area contributed by atoms with Gasteiger partial charge in [-0.3, -0.25) is 4.79 Å². The SMILES string of the molecule is COc1cccc(N2CCN(C(=O)c3cc(OC)c(OC)c(OC)c3)CC2)c1. The third-order valence-electron chi connectivity index (χ3n) is 4.90. The summed E-state index contributed by atoms with van der Waals surface area (Å²) in [6, 6.07) is 11.3. The second kappa shape index (κ2) is 8.73. The Hall–Kier alpha value is -3.09. The van der Waals surface area contributed by atoms with E-state index in [9.17, 15) is 4.79 Å². The fourth-order valence-corrected chi connectivity index (χ4v) is 3.36. The first-order valence-corrected chi connectivity index (χ1v) is 9.09. The Morgan fingerprint density at radius 2 is 1.46 bits per heavy atom. The van der Waals surface area contributed by atoms with Crippen LogP contribution < -0.4 is 23.8 Å². The van der Waals surface area contributed by atoms with Crippen molar-refractivity contribution in [2.45, 2.75) is 0 Å². The van der Waals surface area contributed by atoms with Crippen LogP contribution in [0.2, 0.25) is 0 Å². The van der Waals surface area contributed by atoms with Crippen molar-refractivity contribution in [2.75, 3.05) is 59.5 Å². The van der Waals surface area contributed by atoms with Crippen molar-refractivity contribution >= 4 is 11.6 Å². The Morgan fingerprint density at radius 1 is 0.821 bits per heavy atom. The van der Waals surface area contributed by atoms with E-state index in [-0.39, 0.29) is 5.91 Å². The van der Waals surface area contributed by atoms with E-state index < -0.39 is 0 Å². The third kappa shape index (κ3) is 3.93. The zero-order chi connectivity index (χ0) is 20.1. The minimum absolute atomic E-state index is 0.0513. The molecule has 1 saturated heterocycles. The number of hydrogen-bond donors (Lipinski definition) is 0. The molecule has 0 spiro atoms. The first-order valence-electron chi connectivity index (χ1n) is 9.09. The molecule has 1 amide bonds. The molecule has 0 aromatic heterocycles. The summed E-state index contributed by atoms with van der Waals surface area (Å²) in [5, 5.41) is 0. The maximum absolute atomic E-state index is 13.0. The molecule has 7 heteroatoms. The van der Waals surface area contributed by atoms with Gasteiger partial charge in [0.15, 0.2) is 11.5 Å². The highest BCUT2D eigenvalue weighted by Crippen LogP contribution is 2.38. The molecule has 0 bridgehead atoms. The van der Waals surface area contributed by atoms with E-state index in [4.69, 9.17) is 18.9 Å². The van der Waals surface area contributed by atoms with E-state index >= 15 is 0 Å². The van der Waals surface area contributed by atoms with Gasteiger partial charge < -0.3 is 28.7 Å². The number of amides is 1. The molecule has 1 fully saturated rings. The number of hydrogen-bond acceptors (Lipinski definition) is 6. The van der Waals surface area contributed by atoms with Crippen LogP contribution >= 0.6 is 0 Å². The van der Waals surface area contributed by atoms with Gasteiger partial charge in [0.05, 0.1) is 28.4 Å². The molecule has 0 unspecified atom stereocenters. The zero-order valence-electron chi connectivity index (χ0n) is 16.7. The summed E-state index contributed by atoms with van der Waals surface area (Å²) >= 11 is 0. The van der Waals surface area contributed by atoms with Gasteiger partial charge in [-0.25, -0.2) is 0 Å². The Kier molecular flexibility index (Phi) is 6.13. The number of anilines is 1. The summed E-state index contributed by atoms with van der Waals surface area (Å²) in [5.74, 6) is 2.20. The molecule has 0 N–H and O–H groups in total. The monoisotopic (exact) mass is 386 g/mol. The van der Waals surface area contributed by atoms with Crippen LogP contribution in [0.4, 0.5) is 5.69 Å². The highest BCUT2D eigenvalue weighted by atomic mass is 16.5. The predicted octanol–water partition coefficient (Wildman–Crippen LogP) is 2.68. The average molecular weight is 386 g/mol. The smallest absolute Gasteiger partial charge is 0.254 e. The highest BCUT2D eigenvalue weighted by Gasteiger charge is 2.25. The van der Waals surface area contributed by atoms with Gasteiger partial charge in [-0.1, -0.05) is 6.07 Å². The van der Waals surface area contributed by atoms with Gasteiger partial charge in [0, 0.05) is 43.5 Å². The van der Waals surface area contributed by atoms with Gasteiger partial charge in [0.25, 0.3) is 5.91 Å². The Morgan fingerprint density at radius 3 is 2.00 bits per heavy atom. The lowest BCUT2D eigenvalue weighted by Gasteiger charge is -2.36. The third-order valence-corrected chi connectivity index (χ3v) is 4.90. The number of nitrogens with zero attached hydrogens (tertiary/aromatic N) is 2. The highest BCUT2D eigenvalue weighted by molar-refractivity contribution is 5.95. The molecule has 0 aliphatic carbocycles. The minimum Gasteiger partial charge on any atom is -0.497 e. The zero-order valence-corrected chi connectivity index (χ0v) is 16.7. The first-order chi connectivity index (χ1) is 13.6. The molecule has 0 saturated carbocycles. The summed E-state index contributed by atoms with van der Waals surface area (Å²) in [6.07, 6.45) is 0. The van der Waals surface area contributed by atoms with Gasteiger partial charge in [-0.2, -0.15) is 0 Å². The van der Waals surface area contributed by atoms with Crippen LogP contribution in [0.1, 0.15) is 10.4 Å². The van der Waals surface area contributed by atoms with Gasteiger partial charge in [-0.05, 0) is 24.3 Å². The van der Waals surface area contributed by atoms with Gasteiger partial charge in [0.1, 0.15) is 5.75 Å². The summed E-state index contributed by atoms with van der Waals surface area (Å²) in [4.78, 5) is 17.1. The van der Waals surface area contributed by atoms with Crippen LogP contribution in [-0.2, 0) is 0 Å². The first kappa shape index (κ1) is 19.7. The van der Waals surface area contributed by atoms with E-state index in [1.165, 1.54) is 0 Å². The lowest BCUT2D eigenvalue weighted by molar-refractivity contribution is 0.0746. The largest absolute Gasteiger partial charge is 0.497 e. The number of ether oxygens (including phenoxy) is 4. The van der Waals surface area contributed by atoms with Crippen LogP contribution in [0.5, 0.6) is 23.0 Å². The summed E-state index contributed by atoms with van der Waals surface area (Å²) in [7, 11) is 6.28. The van der Waals surface area contributed by atoms with Crippen LogP contribution in [0.3, 0.4) is 0 Å². The molecular weight excluding hydrogens is 360 g/mol. The van der Waals surface area contributed by atoms with Crippen LogP contribution in [0.15, 0.2) is 36.4 Å². The van der Waals surface area contributed by atoms with Crippen molar-refractivity contribution in [1.29, 1.82) is 0 Å².